The third kappa shape index (κ3) is 4.26. The van der Waals surface area contributed by atoms with E-state index in [1.807, 2.05) is 30.3 Å². The summed E-state index contributed by atoms with van der Waals surface area (Å²) in [5, 5.41) is 8.58. The number of amides is 1. The van der Waals surface area contributed by atoms with Crippen molar-refractivity contribution in [1.29, 1.82) is 0 Å². The number of carbonyl (C=O) groups excluding carboxylic acids is 1. The van der Waals surface area contributed by atoms with Crippen LogP contribution in [0.25, 0.3) is 0 Å². The normalized spacial score (nSPS) is 15.9. The molecule has 108 valence electrons. The Morgan fingerprint density at radius 2 is 1.80 bits per heavy atom. The number of ether oxygens (including phenoxy) is 1. The maximum Gasteiger partial charge on any atom is 0.303 e. The Bertz CT molecular complexity index is 452. The van der Waals surface area contributed by atoms with Gasteiger partial charge in [-0.2, -0.15) is 0 Å². The zero-order valence-electron chi connectivity index (χ0n) is 11.3. The predicted octanol–water partition coefficient (Wildman–Crippen LogP) is 1.92. The van der Waals surface area contributed by atoms with Gasteiger partial charge in [-0.1, -0.05) is 18.2 Å². The van der Waals surface area contributed by atoms with E-state index in [1.165, 1.54) is 0 Å². The average molecular weight is 277 g/mol. The van der Waals surface area contributed by atoms with Crippen LogP contribution in [0.3, 0.4) is 0 Å². The fraction of sp³-hybridized carbons (Fsp3) is 0.467. The molecule has 20 heavy (non-hydrogen) atoms. The third-order valence-electron chi connectivity index (χ3n) is 3.39. The van der Waals surface area contributed by atoms with Gasteiger partial charge < -0.3 is 14.7 Å². The number of carboxylic acids is 1. The summed E-state index contributed by atoms with van der Waals surface area (Å²) in [7, 11) is 0. The second kappa shape index (κ2) is 6.93. The molecule has 1 aliphatic rings. The van der Waals surface area contributed by atoms with Crippen molar-refractivity contribution in [3.8, 4) is 5.75 Å². The summed E-state index contributed by atoms with van der Waals surface area (Å²) in [4.78, 5) is 24.0. The molecule has 1 aromatic carbocycles. The smallest absolute Gasteiger partial charge is 0.303 e. The zero-order chi connectivity index (χ0) is 14.4. The molecule has 1 aliphatic heterocycles. The lowest BCUT2D eigenvalue weighted by Gasteiger charge is -2.32. The number of likely N-dealkylation sites (tertiary alicyclic amines) is 1. The first-order valence-corrected chi connectivity index (χ1v) is 6.86. The zero-order valence-corrected chi connectivity index (χ0v) is 11.3. The fourth-order valence-electron chi connectivity index (χ4n) is 2.29. The van der Waals surface area contributed by atoms with Crippen LogP contribution < -0.4 is 4.74 Å². The first-order chi connectivity index (χ1) is 9.65. The number of hydrogen-bond donors (Lipinski definition) is 1. The van der Waals surface area contributed by atoms with Gasteiger partial charge in [0, 0.05) is 32.4 Å². The van der Waals surface area contributed by atoms with E-state index in [9.17, 15) is 9.59 Å². The van der Waals surface area contributed by atoms with Crippen molar-refractivity contribution in [3.05, 3.63) is 30.3 Å². The lowest BCUT2D eigenvalue weighted by molar-refractivity contribution is -0.141. The molecule has 0 aromatic heterocycles. The van der Waals surface area contributed by atoms with Crippen molar-refractivity contribution in [1.82, 2.24) is 4.90 Å². The molecule has 0 unspecified atom stereocenters. The first kappa shape index (κ1) is 14.4. The summed E-state index contributed by atoms with van der Waals surface area (Å²) in [5.74, 6) is -0.158. The van der Waals surface area contributed by atoms with Crippen LogP contribution in [-0.2, 0) is 9.59 Å². The van der Waals surface area contributed by atoms with E-state index in [0.717, 1.165) is 18.6 Å². The molecule has 0 bridgehead atoms. The van der Waals surface area contributed by atoms with Crippen molar-refractivity contribution in [2.75, 3.05) is 13.1 Å². The molecular weight excluding hydrogens is 258 g/mol. The number of piperidine rings is 1. The van der Waals surface area contributed by atoms with E-state index in [-0.39, 0.29) is 24.9 Å². The fourth-order valence-corrected chi connectivity index (χ4v) is 2.29. The molecule has 0 aliphatic carbocycles. The topological polar surface area (TPSA) is 66.8 Å². The number of aliphatic carboxylic acids is 1. The summed E-state index contributed by atoms with van der Waals surface area (Å²) in [5.41, 5.74) is 0. The summed E-state index contributed by atoms with van der Waals surface area (Å²) >= 11 is 0. The molecule has 0 saturated carbocycles. The Balaban J connectivity index is 1.75. The van der Waals surface area contributed by atoms with Crippen LogP contribution in [0.2, 0.25) is 0 Å². The molecule has 2 rings (SSSR count). The summed E-state index contributed by atoms with van der Waals surface area (Å²) in [6, 6.07) is 9.64. The highest BCUT2D eigenvalue weighted by Gasteiger charge is 2.23. The maximum atomic E-state index is 11.8. The Labute approximate surface area is 118 Å². The minimum absolute atomic E-state index is 0.0782. The van der Waals surface area contributed by atoms with Crippen molar-refractivity contribution < 1.29 is 19.4 Å². The molecule has 0 spiro atoms. The Kier molecular flexibility index (Phi) is 4.98. The van der Waals surface area contributed by atoms with Gasteiger partial charge in [-0.15, -0.1) is 0 Å². The summed E-state index contributed by atoms with van der Waals surface area (Å²) in [6.07, 6.45) is 1.68. The first-order valence-electron chi connectivity index (χ1n) is 6.86. The van der Waals surface area contributed by atoms with Gasteiger partial charge in [0.15, 0.2) is 0 Å². The van der Waals surface area contributed by atoms with E-state index in [4.69, 9.17) is 9.84 Å². The SMILES string of the molecule is O=C(O)CCC(=O)N1CCC(Oc2ccccc2)CC1. The van der Waals surface area contributed by atoms with E-state index in [0.29, 0.717) is 13.1 Å². The van der Waals surface area contributed by atoms with Gasteiger partial charge in [0.2, 0.25) is 5.91 Å². The summed E-state index contributed by atoms with van der Waals surface area (Å²) in [6.45, 7) is 1.27. The second-order valence-electron chi connectivity index (χ2n) is 4.90. The van der Waals surface area contributed by atoms with Crippen LogP contribution in [0.4, 0.5) is 0 Å². The lowest BCUT2D eigenvalue weighted by atomic mass is 10.1. The van der Waals surface area contributed by atoms with Crippen LogP contribution in [0.5, 0.6) is 5.75 Å². The third-order valence-corrected chi connectivity index (χ3v) is 3.39. The number of benzene rings is 1. The van der Waals surface area contributed by atoms with Gasteiger partial charge in [0.25, 0.3) is 0 Å². The monoisotopic (exact) mass is 277 g/mol. The van der Waals surface area contributed by atoms with E-state index < -0.39 is 5.97 Å². The highest BCUT2D eigenvalue weighted by atomic mass is 16.5. The molecule has 0 atom stereocenters. The Morgan fingerprint density at radius 3 is 2.40 bits per heavy atom. The van der Waals surface area contributed by atoms with Crippen LogP contribution >= 0.6 is 0 Å². The molecule has 1 heterocycles. The van der Waals surface area contributed by atoms with E-state index >= 15 is 0 Å². The Morgan fingerprint density at radius 1 is 1.15 bits per heavy atom. The largest absolute Gasteiger partial charge is 0.490 e. The maximum absolute atomic E-state index is 11.8. The highest BCUT2D eigenvalue weighted by Crippen LogP contribution is 2.19. The van der Waals surface area contributed by atoms with Crippen molar-refractivity contribution in [2.24, 2.45) is 0 Å². The number of carbonyl (C=O) groups is 2. The second-order valence-corrected chi connectivity index (χ2v) is 4.90. The minimum Gasteiger partial charge on any atom is -0.490 e. The van der Waals surface area contributed by atoms with Gasteiger partial charge >= 0.3 is 5.97 Å². The molecular formula is C15H19NO4. The minimum atomic E-state index is -0.930. The molecule has 0 radical (unpaired) electrons. The molecule has 5 heteroatoms. The average Bonchev–Trinajstić information content (AvgIpc) is 2.46. The van der Waals surface area contributed by atoms with E-state index in [1.54, 1.807) is 4.90 Å². The predicted molar refractivity (Wildman–Crippen MR) is 73.5 cm³/mol. The quantitative estimate of drug-likeness (QED) is 0.893. The van der Waals surface area contributed by atoms with Gasteiger partial charge in [-0.3, -0.25) is 9.59 Å². The molecule has 1 saturated heterocycles. The van der Waals surface area contributed by atoms with Crippen LogP contribution in [0, 0.1) is 0 Å². The molecule has 1 aromatic rings. The number of hydrogen-bond acceptors (Lipinski definition) is 3. The van der Waals surface area contributed by atoms with Crippen molar-refractivity contribution in [3.63, 3.8) is 0 Å². The van der Waals surface area contributed by atoms with Gasteiger partial charge in [-0.05, 0) is 12.1 Å². The van der Waals surface area contributed by atoms with Crippen molar-refractivity contribution in [2.45, 2.75) is 31.8 Å². The molecule has 1 amide bonds. The number of carboxylic acid groups (broad SMARTS) is 1. The molecule has 5 nitrogen and oxygen atoms in total. The van der Waals surface area contributed by atoms with Crippen LogP contribution in [0.15, 0.2) is 30.3 Å². The van der Waals surface area contributed by atoms with Gasteiger partial charge in [-0.25, -0.2) is 0 Å². The van der Waals surface area contributed by atoms with E-state index in [2.05, 4.69) is 0 Å². The molecule has 1 fully saturated rings. The lowest BCUT2D eigenvalue weighted by Crippen LogP contribution is -2.41. The number of nitrogens with zero attached hydrogens (tertiary/aromatic N) is 1. The Hall–Kier alpha value is -2.04. The molecule has 1 N–H and O–H groups in total. The van der Waals surface area contributed by atoms with Crippen LogP contribution in [0.1, 0.15) is 25.7 Å². The van der Waals surface area contributed by atoms with Gasteiger partial charge in [0.1, 0.15) is 11.9 Å². The summed E-state index contributed by atoms with van der Waals surface area (Å²) < 4.78 is 5.85. The number of rotatable bonds is 5. The highest BCUT2D eigenvalue weighted by molar-refractivity contribution is 5.80. The number of para-hydroxylation sites is 1. The van der Waals surface area contributed by atoms with Gasteiger partial charge in [0.05, 0.1) is 6.42 Å². The van der Waals surface area contributed by atoms with Crippen LogP contribution in [-0.4, -0.2) is 41.1 Å². The van der Waals surface area contributed by atoms with Crippen molar-refractivity contribution >= 4 is 11.9 Å². The standard InChI is InChI=1S/C15H19NO4/c17-14(6-7-15(18)19)16-10-8-13(9-11-16)20-12-4-2-1-3-5-12/h1-5,13H,6-11H2,(H,18,19).